The minimum Gasteiger partial charge on any atom is -0.339 e. The van der Waals surface area contributed by atoms with Gasteiger partial charge in [-0.05, 0) is 44.2 Å². The van der Waals surface area contributed by atoms with Crippen molar-refractivity contribution in [3.63, 3.8) is 0 Å². The molecule has 1 aliphatic rings. The molecule has 29 heavy (non-hydrogen) atoms. The summed E-state index contributed by atoms with van der Waals surface area (Å²) >= 11 is 0. The number of carbonyl (C=O) groups is 2. The number of amides is 3. The number of allylic oxidation sites excluding steroid dienone is 3. The number of nitrogens with one attached hydrogen (secondary N) is 2. The molecule has 0 aliphatic carbocycles. The topological polar surface area (TPSA) is 74.3 Å². The van der Waals surface area contributed by atoms with Crippen molar-refractivity contribution < 1.29 is 9.59 Å². The molecule has 0 spiro atoms. The number of anilines is 1. The zero-order valence-corrected chi connectivity index (χ0v) is 17.3. The molecule has 156 valence electrons. The van der Waals surface area contributed by atoms with Crippen LogP contribution < -0.4 is 10.6 Å². The lowest BCUT2D eigenvalue weighted by Crippen LogP contribution is -2.38. The summed E-state index contributed by atoms with van der Waals surface area (Å²) in [6.07, 6.45) is 15.9. The van der Waals surface area contributed by atoms with Gasteiger partial charge in [0.2, 0.25) is 0 Å². The number of nitrogens with zero attached hydrogens (tertiary/aromatic N) is 2. The summed E-state index contributed by atoms with van der Waals surface area (Å²) in [6, 6.07) is 3.39. The minimum absolute atomic E-state index is 0.0352. The van der Waals surface area contributed by atoms with Crippen molar-refractivity contribution in [2.75, 3.05) is 25.0 Å². The average Bonchev–Trinajstić information content (AvgIpc) is 2.74. The van der Waals surface area contributed by atoms with Gasteiger partial charge in [-0.25, -0.2) is 4.79 Å². The highest BCUT2D eigenvalue weighted by molar-refractivity contribution is 5.95. The molecular weight excluding hydrogens is 364 g/mol. The highest BCUT2D eigenvalue weighted by atomic mass is 16.2. The number of urea groups is 1. The van der Waals surface area contributed by atoms with Gasteiger partial charge < -0.3 is 15.5 Å². The zero-order valence-electron chi connectivity index (χ0n) is 17.3. The Morgan fingerprint density at radius 2 is 2.07 bits per heavy atom. The summed E-state index contributed by atoms with van der Waals surface area (Å²) in [5.74, 6) is 0.683. The second-order valence-electron chi connectivity index (χ2n) is 7.26. The van der Waals surface area contributed by atoms with Crippen molar-refractivity contribution in [2.45, 2.75) is 39.0 Å². The molecule has 0 aromatic carbocycles. The van der Waals surface area contributed by atoms with E-state index in [1.165, 1.54) is 0 Å². The number of hydrogen-bond acceptors (Lipinski definition) is 3. The molecule has 2 heterocycles. The first-order valence-corrected chi connectivity index (χ1v) is 10.3. The van der Waals surface area contributed by atoms with E-state index in [1.54, 1.807) is 30.6 Å². The number of likely N-dealkylation sites (tertiary alicyclic amines) is 1. The first-order valence-electron chi connectivity index (χ1n) is 10.3. The Bertz CT molecular complexity index is 720. The van der Waals surface area contributed by atoms with Crippen LogP contribution in [0.5, 0.6) is 0 Å². The van der Waals surface area contributed by atoms with Crippen molar-refractivity contribution in [3.8, 4) is 0 Å². The van der Waals surface area contributed by atoms with Crippen LogP contribution in [0.2, 0.25) is 0 Å². The second-order valence-corrected chi connectivity index (χ2v) is 7.26. The van der Waals surface area contributed by atoms with Crippen LogP contribution in [-0.4, -0.2) is 41.5 Å². The third kappa shape index (κ3) is 8.34. The van der Waals surface area contributed by atoms with E-state index >= 15 is 0 Å². The molecule has 6 nitrogen and oxygen atoms in total. The molecule has 2 rings (SSSR count). The van der Waals surface area contributed by atoms with E-state index in [2.05, 4.69) is 22.2 Å². The van der Waals surface area contributed by atoms with Crippen LogP contribution in [0, 0.1) is 5.92 Å². The van der Waals surface area contributed by atoms with E-state index in [-0.39, 0.29) is 11.9 Å². The van der Waals surface area contributed by atoms with Crippen molar-refractivity contribution >= 4 is 17.6 Å². The Kier molecular flexibility index (Phi) is 9.69. The molecule has 6 heteroatoms. The molecule has 1 saturated heterocycles. The molecule has 1 aromatic rings. The summed E-state index contributed by atoms with van der Waals surface area (Å²) in [6.45, 7) is 8.06. The van der Waals surface area contributed by atoms with E-state index in [0.717, 1.165) is 45.2 Å². The second kappa shape index (κ2) is 12.5. The van der Waals surface area contributed by atoms with Gasteiger partial charge in [0.1, 0.15) is 0 Å². The van der Waals surface area contributed by atoms with E-state index in [1.807, 2.05) is 30.1 Å². The lowest BCUT2D eigenvalue weighted by molar-refractivity contribution is -0.128. The molecule has 1 aliphatic heterocycles. The van der Waals surface area contributed by atoms with E-state index < -0.39 is 0 Å². The summed E-state index contributed by atoms with van der Waals surface area (Å²) in [4.78, 5) is 30.1. The molecule has 1 fully saturated rings. The molecule has 0 bridgehead atoms. The number of pyridine rings is 1. The van der Waals surface area contributed by atoms with Crippen LogP contribution in [-0.2, 0) is 4.79 Å². The van der Waals surface area contributed by atoms with Gasteiger partial charge >= 0.3 is 6.03 Å². The zero-order chi connectivity index (χ0) is 20.9. The maximum absolute atomic E-state index is 12.4. The monoisotopic (exact) mass is 396 g/mol. The van der Waals surface area contributed by atoms with Crippen LogP contribution in [0.4, 0.5) is 10.5 Å². The number of aromatic nitrogens is 1. The van der Waals surface area contributed by atoms with Gasteiger partial charge in [-0.1, -0.05) is 43.7 Å². The Labute approximate surface area is 173 Å². The van der Waals surface area contributed by atoms with Gasteiger partial charge in [-0.3, -0.25) is 9.78 Å². The van der Waals surface area contributed by atoms with Crippen molar-refractivity contribution in [1.29, 1.82) is 0 Å². The number of rotatable bonds is 9. The molecular formula is C23H32N4O2. The largest absolute Gasteiger partial charge is 0.339 e. The van der Waals surface area contributed by atoms with Gasteiger partial charge in [0, 0.05) is 31.4 Å². The fourth-order valence-corrected chi connectivity index (χ4v) is 3.35. The van der Waals surface area contributed by atoms with Gasteiger partial charge in [-0.15, -0.1) is 0 Å². The third-order valence-electron chi connectivity index (χ3n) is 5.02. The van der Waals surface area contributed by atoms with Gasteiger partial charge in [-0.2, -0.15) is 0 Å². The molecule has 0 atom stereocenters. The maximum atomic E-state index is 12.4. The van der Waals surface area contributed by atoms with Crippen molar-refractivity contribution in [2.24, 2.45) is 5.92 Å². The number of unbranched alkanes of at least 4 members (excludes halogenated alkanes) is 1. The smallest absolute Gasteiger partial charge is 0.319 e. The van der Waals surface area contributed by atoms with Crippen LogP contribution >= 0.6 is 0 Å². The molecule has 1 aromatic heterocycles. The van der Waals surface area contributed by atoms with Gasteiger partial charge in [0.05, 0.1) is 11.9 Å². The molecule has 2 N–H and O–H groups in total. The fraction of sp³-hybridized carbons (Fsp3) is 0.435. The van der Waals surface area contributed by atoms with Crippen molar-refractivity contribution in [3.05, 3.63) is 61.0 Å². The minimum atomic E-state index is -0.200. The Hall–Kier alpha value is -2.89. The predicted octanol–water partition coefficient (Wildman–Crippen LogP) is 4.30. The lowest BCUT2D eigenvalue weighted by Gasteiger charge is -2.32. The number of hydrogen-bond donors (Lipinski definition) is 2. The highest BCUT2D eigenvalue weighted by Crippen LogP contribution is 2.23. The SMILES string of the molecule is C=C(/C=C\C=C/C)C(=O)N1CCC(CCCCNC(=O)Nc2cccnc2)CC1. The molecule has 0 radical (unpaired) electrons. The Morgan fingerprint density at radius 1 is 1.28 bits per heavy atom. The lowest BCUT2D eigenvalue weighted by atomic mass is 9.91. The van der Waals surface area contributed by atoms with Crippen LogP contribution in [0.15, 0.2) is 61.0 Å². The fourth-order valence-electron chi connectivity index (χ4n) is 3.35. The van der Waals surface area contributed by atoms with Crippen molar-refractivity contribution in [1.82, 2.24) is 15.2 Å². The van der Waals surface area contributed by atoms with E-state index in [9.17, 15) is 9.59 Å². The number of piperidine rings is 1. The summed E-state index contributed by atoms with van der Waals surface area (Å²) in [5.41, 5.74) is 1.23. The first kappa shape index (κ1) is 22.4. The standard InChI is InChI=1S/C23H32N4O2/c1-3-4-5-9-19(2)22(28)27-16-12-20(13-17-27)10-6-7-15-25-23(29)26-21-11-8-14-24-18-21/h3-5,8-9,11,14,18,20H,2,6-7,10,12-13,15-17H2,1H3,(H2,25,26,29)/b4-3-,9-5-. The quantitative estimate of drug-likeness (QED) is 0.371. The van der Waals surface area contributed by atoms with E-state index in [4.69, 9.17) is 0 Å². The molecule has 0 unspecified atom stereocenters. The molecule has 0 saturated carbocycles. The highest BCUT2D eigenvalue weighted by Gasteiger charge is 2.23. The van der Waals surface area contributed by atoms with Crippen LogP contribution in [0.25, 0.3) is 0 Å². The third-order valence-corrected chi connectivity index (χ3v) is 5.02. The van der Waals surface area contributed by atoms with Crippen LogP contribution in [0.1, 0.15) is 39.0 Å². The Morgan fingerprint density at radius 3 is 2.76 bits per heavy atom. The Balaban J connectivity index is 1.56. The summed E-state index contributed by atoms with van der Waals surface area (Å²) < 4.78 is 0. The first-order chi connectivity index (χ1) is 14.1. The summed E-state index contributed by atoms with van der Waals surface area (Å²) in [5, 5.41) is 5.63. The van der Waals surface area contributed by atoms with Crippen LogP contribution in [0.3, 0.4) is 0 Å². The molecule has 3 amide bonds. The average molecular weight is 397 g/mol. The summed E-state index contributed by atoms with van der Waals surface area (Å²) in [7, 11) is 0. The predicted molar refractivity (Wildman–Crippen MR) is 118 cm³/mol. The van der Waals surface area contributed by atoms with Gasteiger partial charge in [0.15, 0.2) is 0 Å². The van der Waals surface area contributed by atoms with E-state index in [0.29, 0.717) is 23.7 Å². The normalized spacial score (nSPS) is 15.0. The van der Waals surface area contributed by atoms with Gasteiger partial charge in [0.25, 0.3) is 5.91 Å². The number of carbonyl (C=O) groups excluding carboxylic acids is 2. The maximum Gasteiger partial charge on any atom is 0.319 e.